The molecule has 0 fully saturated rings. The minimum absolute atomic E-state index is 0.0988. The molecule has 0 amide bonds. The average molecular weight is 451 g/mol. The summed E-state index contributed by atoms with van der Waals surface area (Å²) in [6, 6.07) is 0. The number of hydrogen-bond acceptors (Lipinski definition) is 5. The third kappa shape index (κ3) is 7.30. The maximum absolute atomic E-state index is 6.66. The summed E-state index contributed by atoms with van der Waals surface area (Å²) in [7, 11) is 3.74. The van der Waals surface area contributed by atoms with E-state index in [-0.39, 0.29) is 23.7 Å². The standard InChI is InChI=1S/C24H50O3S2/c1-12-15-23(7,25-8)24(26-9,19(4)17-29-11)22(14-16-28-10)21(6)27-20(5)18(3)13-2/h18-22H,12-17H2,1-11H3/t18?,19?,20?,21?,22?,23-,24?/m1/s1. The SMILES string of the molecule is CCC[C@@](C)(OC)C(OC)(C(C)CSC)C(CCSC)C(C)OC(C)C(C)CC. The molecule has 0 N–H and O–H groups in total. The summed E-state index contributed by atoms with van der Waals surface area (Å²) < 4.78 is 19.5. The van der Waals surface area contributed by atoms with Crippen LogP contribution in [0.2, 0.25) is 0 Å². The number of methoxy groups -OCH3 is 2. The summed E-state index contributed by atoms with van der Waals surface area (Å²) in [6.45, 7) is 15.8. The molecule has 7 atom stereocenters. The smallest absolute Gasteiger partial charge is 0.105 e. The van der Waals surface area contributed by atoms with Crippen LogP contribution in [0.5, 0.6) is 0 Å². The maximum Gasteiger partial charge on any atom is 0.105 e. The van der Waals surface area contributed by atoms with Gasteiger partial charge >= 0.3 is 0 Å². The molecule has 0 heterocycles. The molecule has 0 saturated heterocycles. The summed E-state index contributed by atoms with van der Waals surface area (Å²) in [5.74, 6) is 3.28. The zero-order valence-electron chi connectivity index (χ0n) is 21.2. The third-order valence-corrected chi connectivity index (χ3v) is 8.59. The largest absolute Gasteiger partial charge is 0.375 e. The van der Waals surface area contributed by atoms with Crippen LogP contribution < -0.4 is 0 Å². The second kappa shape index (κ2) is 14.6. The number of ether oxygens (including phenoxy) is 3. The highest BCUT2D eigenvalue weighted by atomic mass is 32.2. The highest BCUT2D eigenvalue weighted by Crippen LogP contribution is 2.48. The Morgan fingerprint density at radius 2 is 1.52 bits per heavy atom. The molecule has 0 aliphatic carbocycles. The lowest BCUT2D eigenvalue weighted by atomic mass is 9.63. The van der Waals surface area contributed by atoms with Gasteiger partial charge in [-0.05, 0) is 69.5 Å². The normalized spacial score (nSPS) is 21.6. The topological polar surface area (TPSA) is 27.7 Å². The molecule has 6 unspecified atom stereocenters. The fraction of sp³-hybridized carbons (Fsp3) is 1.00. The molecule has 0 spiro atoms. The summed E-state index contributed by atoms with van der Waals surface area (Å²) in [5, 5.41) is 0. The molecule has 0 aliphatic heterocycles. The van der Waals surface area contributed by atoms with Crippen molar-refractivity contribution in [2.45, 2.75) is 97.6 Å². The Labute approximate surface area is 191 Å². The van der Waals surface area contributed by atoms with Crippen molar-refractivity contribution in [3.8, 4) is 0 Å². The highest BCUT2D eigenvalue weighted by Gasteiger charge is 2.58. The Morgan fingerprint density at radius 3 is 1.93 bits per heavy atom. The lowest BCUT2D eigenvalue weighted by molar-refractivity contribution is -0.248. The molecule has 0 saturated carbocycles. The second-order valence-electron chi connectivity index (χ2n) is 8.86. The zero-order chi connectivity index (χ0) is 22.7. The van der Waals surface area contributed by atoms with Gasteiger partial charge in [0.05, 0.1) is 17.8 Å². The van der Waals surface area contributed by atoms with Crippen LogP contribution in [0.15, 0.2) is 0 Å². The molecule has 0 aromatic heterocycles. The van der Waals surface area contributed by atoms with Gasteiger partial charge in [0.25, 0.3) is 0 Å². The van der Waals surface area contributed by atoms with E-state index in [1.54, 1.807) is 0 Å². The fourth-order valence-corrected chi connectivity index (χ4v) is 6.33. The van der Waals surface area contributed by atoms with Gasteiger partial charge in [-0.3, -0.25) is 0 Å². The van der Waals surface area contributed by atoms with Crippen molar-refractivity contribution >= 4 is 23.5 Å². The van der Waals surface area contributed by atoms with Crippen molar-refractivity contribution in [3.63, 3.8) is 0 Å². The first-order chi connectivity index (χ1) is 13.6. The van der Waals surface area contributed by atoms with Crippen molar-refractivity contribution in [2.24, 2.45) is 17.8 Å². The van der Waals surface area contributed by atoms with Crippen molar-refractivity contribution in [3.05, 3.63) is 0 Å². The molecule has 0 aliphatic rings. The molecular weight excluding hydrogens is 400 g/mol. The van der Waals surface area contributed by atoms with E-state index in [9.17, 15) is 0 Å². The van der Waals surface area contributed by atoms with Gasteiger partial charge in [-0.2, -0.15) is 23.5 Å². The lowest BCUT2D eigenvalue weighted by Gasteiger charge is -2.56. The summed E-state index contributed by atoms with van der Waals surface area (Å²) >= 11 is 3.79. The molecule has 0 radical (unpaired) electrons. The van der Waals surface area contributed by atoms with Crippen LogP contribution in [0.3, 0.4) is 0 Å². The first kappa shape index (κ1) is 29.6. The predicted molar refractivity (Wildman–Crippen MR) is 134 cm³/mol. The molecule has 5 heteroatoms. The Morgan fingerprint density at radius 1 is 0.897 bits per heavy atom. The number of rotatable bonds is 17. The average Bonchev–Trinajstić information content (AvgIpc) is 2.70. The van der Waals surface area contributed by atoms with E-state index in [1.165, 1.54) is 0 Å². The van der Waals surface area contributed by atoms with Gasteiger partial charge in [0.15, 0.2) is 0 Å². The Bertz CT molecular complexity index is 423. The fourth-order valence-electron chi connectivity index (χ4n) is 5.10. The van der Waals surface area contributed by atoms with Gasteiger partial charge < -0.3 is 14.2 Å². The number of thioether (sulfide) groups is 2. The van der Waals surface area contributed by atoms with Gasteiger partial charge in [-0.15, -0.1) is 0 Å². The highest BCUT2D eigenvalue weighted by molar-refractivity contribution is 7.98. The summed E-state index contributed by atoms with van der Waals surface area (Å²) in [5.41, 5.74) is -0.781. The van der Waals surface area contributed by atoms with Gasteiger partial charge in [-0.1, -0.05) is 40.5 Å². The third-order valence-electron chi connectivity index (χ3n) is 7.12. The number of hydrogen-bond donors (Lipinski definition) is 0. The second-order valence-corrected chi connectivity index (χ2v) is 10.8. The first-order valence-electron chi connectivity index (χ1n) is 11.4. The maximum atomic E-state index is 6.66. The summed E-state index contributed by atoms with van der Waals surface area (Å²) in [4.78, 5) is 0. The summed E-state index contributed by atoms with van der Waals surface area (Å²) in [6.07, 6.45) is 8.93. The zero-order valence-corrected chi connectivity index (χ0v) is 22.8. The van der Waals surface area contributed by atoms with E-state index >= 15 is 0 Å². The first-order valence-corrected chi connectivity index (χ1v) is 14.2. The molecule has 0 aromatic rings. The molecule has 0 aromatic carbocycles. The van der Waals surface area contributed by atoms with E-state index in [4.69, 9.17) is 14.2 Å². The van der Waals surface area contributed by atoms with Gasteiger partial charge in [0.2, 0.25) is 0 Å². The predicted octanol–water partition coefficient (Wildman–Crippen LogP) is 6.78. The Kier molecular flexibility index (Phi) is 14.9. The van der Waals surface area contributed by atoms with Gasteiger partial charge in [0, 0.05) is 20.1 Å². The van der Waals surface area contributed by atoms with E-state index in [2.05, 4.69) is 61.0 Å². The minimum Gasteiger partial charge on any atom is -0.375 e. The molecule has 0 bridgehead atoms. The van der Waals surface area contributed by atoms with Crippen LogP contribution in [0.25, 0.3) is 0 Å². The van der Waals surface area contributed by atoms with E-state index in [0.29, 0.717) is 11.8 Å². The minimum atomic E-state index is -0.412. The molecular formula is C24H50O3S2. The molecule has 0 rings (SSSR count). The van der Waals surface area contributed by atoms with Crippen LogP contribution in [0.1, 0.15) is 74.1 Å². The molecule has 29 heavy (non-hydrogen) atoms. The van der Waals surface area contributed by atoms with Gasteiger partial charge in [-0.25, -0.2) is 0 Å². The van der Waals surface area contributed by atoms with Crippen molar-refractivity contribution in [2.75, 3.05) is 38.2 Å². The van der Waals surface area contributed by atoms with Crippen molar-refractivity contribution in [1.29, 1.82) is 0 Å². The lowest BCUT2D eigenvalue weighted by Crippen LogP contribution is -2.66. The van der Waals surface area contributed by atoms with Crippen molar-refractivity contribution in [1.82, 2.24) is 0 Å². The molecule has 3 nitrogen and oxygen atoms in total. The van der Waals surface area contributed by atoms with Crippen LogP contribution in [0.4, 0.5) is 0 Å². The molecule has 176 valence electrons. The van der Waals surface area contributed by atoms with Crippen LogP contribution in [-0.2, 0) is 14.2 Å². The Balaban J connectivity index is 6.32. The van der Waals surface area contributed by atoms with E-state index in [1.807, 2.05) is 37.7 Å². The Hall–Kier alpha value is 0.580. The van der Waals surface area contributed by atoms with E-state index in [0.717, 1.165) is 37.2 Å². The monoisotopic (exact) mass is 450 g/mol. The van der Waals surface area contributed by atoms with Crippen LogP contribution in [0, 0.1) is 17.8 Å². The van der Waals surface area contributed by atoms with Crippen LogP contribution in [-0.4, -0.2) is 61.6 Å². The van der Waals surface area contributed by atoms with Crippen LogP contribution >= 0.6 is 23.5 Å². The quantitative estimate of drug-likeness (QED) is 0.243. The van der Waals surface area contributed by atoms with Gasteiger partial charge in [0.1, 0.15) is 5.60 Å². The van der Waals surface area contributed by atoms with Crippen molar-refractivity contribution < 1.29 is 14.2 Å². The van der Waals surface area contributed by atoms with E-state index < -0.39 is 5.60 Å².